The van der Waals surface area contributed by atoms with Crippen LogP contribution < -0.4 is 0 Å². The average Bonchev–Trinajstić information content (AvgIpc) is 3.27. The number of rotatable bonds is 4. The van der Waals surface area contributed by atoms with Crippen LogP contribution in [0.4, 0.5) is 0 Å². The Morgan fingerprint density at radius 3 is 2.64 bits per heavy atom. The van der Waals surface area contributed by atoms with E-state index in [-0.39, 0.29) is 0 Å². The number of nitrogens with zero attached hydrogens (tertiary/aromatic N) is 4. The number of likely N-dealkylation sites (tertiary alicyclic amines) is 1. The van der Waals surface area contributed by atoms with Gasteiger partial charge in [0, 0.05) is 30.7 Å². The smallest absolute Gasteiger partial charge is 0.0854 e. The standard InChI is InChI=1S/C23H24N4S/c1-15-6-4-7-18-11-19(23(24-22(15)18)21-8-5-9-28-21)12-26-13-20(14-26)27-17(3)10-16(2)25-27/h4-11,20H,12-14H2,1-3H3. The highest BCUT2D eigenvalue weighted by Gasteiger charge is 2.30. The lowest BCUT2D eigenvalue weighted by Gasteiger charge is -2.40. The first kappa shape index (κ1) is 17.6. The molecule has 1 aliphatic heterocycles. The summed E-state index contributed by atoms with van der Waals surface area (Å²) in [4.78, 5) is 8.83. The van der Waals surface area contributed by atoms with Gasteiger partial charge in [-0.2, -0.15) is 5.10 Å². The predicted octanol–water partition coefficient (Wildman–Crippen LogP) is 5.14. The van der Waals surface area contributed by atoms with Gasteiger partial charge in [0.2, 0.25) is 0 Å². The zero-order chi connectivity index (χ0) is 19.3. The minimum atomic E-state index is 0.481. The third kappa shape index (κ3) is 3.05. The zero-order valence-corrected chi connectivity index (χ0v) is 17.3. The maximum Gasteiger partial charge on any atom is 0.0854 e. The summed E-state index contributed by atoms with van der Waals surface area (Å²) in [6, 6.07) is 15.7. The summed E-state index contributed by atoms with van der Waals surface area (Å²) in [5, 5.41) is 8.02. The lowest BCUT2D eigenvalue weighted by atomic mass is 10.0. The van der Waals surface area contributed by atoms with Gasteiger partial charge in [0.25, 0.3) is 0 Å². The van der Waals surface area contributed by atoms with Crippen LogP contribution in [0.3, 0.4) is 0 Å². The van der Waals surface area contributed by atoms with E-state index in [0.717, 1.165) is 36.5 Å². The molecule has 0 unspecified atom stereocenters. The minimum absolute atomic E-state index is 0.481. The van der Waals surface area contributed by atoms with Gasteiger partial charge in [0.15, 0.2) is 0 Å². The molecule has 4 nitrogen and oxygen atoms in total. The first-order valence-corrected chi connectivity index (χ1v) is 10.6. The van der Waals surface area contributed by atoms with E-state index in [1.165, 1.54) is 27.1 Å². The molecule has 0 spiro atoms. The molecule has 5 rings (SSSR count). The molecule has 0 amide bonds. The average molecular weight is 389 g/mol. The van der Waals surface area contributed by atoms with Crippen LogP contribution in [0.25, 0.3) is 21.5 Å². The summed E-state index contributed by atoms with van der Waals surface area (Å²) >= 11 is 1.76. The molecule has 0 N–H and O–H groups in total. The Morgan fingerprint density at radius 2 is 1.93 bits per heavy atom. The minimum Gasteiger partial charge on any atom is -0.295 e. The Kier molecular flexibility index (Phi) is 4.29. The normalized spacial score (nSPS) is 15.2. The first-order chi connectivity index (χ1) is 13.6. The molecule has 0 radical (unpaired) electrons. The number of aromatic nitrogens is 3. The molecular formula is C23H24N4S. The molecular weight excluding hydrogens is 364 g/mol. The van der Waals surface area contributed by atoms with Gasteiger partial charge < -0.3 is 0 Å². The molecule has 4 heterocycles. The number of hydrogen-bond donors (Lipinski definition) is 0. The number of fused-ring (bicyclic) bond motifs is 1. The molecule has 1 aromatic carbocycles. The summed E-state index contributed by atoms with van der Waals surface area (Å²) in [7, 11) is 0. The van der Waals surface area contributed by atoms with Crippen LogP contribution in [0.2, 0.25) is 0 Å². The van der Waals surface area contributed by atoms with Gasteiger partial charge in [-0.05, 0) is 55.5 Å². The van der Waals surface area contributed by atoms with E-state index in [4.69, 9.17) is 4.98 Å². The summed E-state index contributed by atoms with van der Waals surface area (Å²) in [5.74, 6) is 0. The molecule has 1 fully saturated rings. The molecule has 28 heavy (non-hydrogen) atoms. The quantitative estimate of drug-likeness (QED) is 0.485. The van der Waals surface area contributed by atoms with Crippen LogP contribution in [0.15, 0.2) is 47.8 Å². The van der Waals surface area contributed by atoms with Crippen LogP contribution in [0.5, 0.6) is 0 Å². The second-order valence-electron chi connectivity index (χ2n) is 7.84. The Balaban J connectivity index is 1.44. The summed E-state index contributed by atoms with van der Waals surface area (Å²) < 4.78 is 2.19. The molecule has 3 aromatic heterocycles. The number of para-hydroxylation sites is 1. The molecule has 5 heteroatoms. The van der Waals surface area contributed by atoms with E-state index in [9.17, 15) is 0 Å². The highest BCUT2D eigenvalue weighted by atomic mass is 32.1. The van der Waals surface area contributed by atoms with Crippen LogP contribution in [0, 0.1) is 20.8 Å². The van der Waals surface area contributed by atoms with Crippen molar-refractivity contribution in [2.24, 2.45) is 0 Å². The Hall–Kier alpha value is -2.50. The van der Waals surface area contributed by atoms with Gasteiger partial charge >= 0.3 is 0 Å². The fourth-order valence-electron chi connectivity index (χ4n) is 4.22. The maximum absolute atomic E-state index is 5.09. The van der Waals surface area contributed by atoms with E-state index in [2.05, 4.69) is 83.3 Å². The van der Waals surface area contributed by atoms with Crippen LogP contribution in [-0.2, 0) is 6.54 Å². The van der Waals surface area contributed by atoms with Crippen molar-refractivity contribution in [3.63, 3.8) is 0 Å². The van der Waals surface area contributed by atoms with Crippen molar-refractivity contribution < 1.29 is 0 Å². The van der Waals surface area contributed by atoms with Crippen LogP contribution >= 0.6 is 11.3 Å². The van der Waals surface area contributed by atoms with Gasteiger partial charge in [-0.25, -0.2) is 4.98 Å². The van der Waals surface area contributed by atoms with Crippen molar-refractivity contribution in [2.75, 3.05) is 13.1 Å². The van der Waals surface area contributed by atoms with Crippen LogP contribution in [-0.4, -0.2) is 32.8 Å². The number of pyridine rings is 1. The van der Waals surface area contributed by atoms with E-state index in [0.29, 0.717) is 6.04 Å². The third-order valence-electron chi connectivity index (χ3n) is 5.60. The van der Waals surface area contributed by atoms with E-state index >= 15 is 0 Å². The van der Waals surface area contributed by atoms with E-state index < -0.39 is 0 Å². The van der Waals surface area contributed by atoms with Crippen molar-refractivity contribution in [3.8, 4) is 10.6 Å². The number of hydrogen-bond acceptors (Lipinski definition) is 4. The van der Waals surface area contributed by atoms with Crippen molar-refractivity contribution >= 4 is 22.2 Å². The Bertz CT molecular complexity index is 1140. The second kappa shape index (κ2) is 6.83. The summed E-state index contributed by atoms with van der Waals surface area (Å²) in [5.41, 5.74) is 7.14. The molecule has 0 atom stereocenters. The highest BCUT2D eigenvalue weighted by molar-refractivity contribution is 7.13. The van der Waals surface area contributed by atoms with Crippen molar-refractivity contribution in [3.05, 3.63) is 70.4 Å². The molecule has 0 aliphatic carbocycles. The monoisotopic (exact) mass is 388 g/mol. The van der Waals surface area contributed by atoms with Gasteiger partial charge in [-0.1, -0.05) is 24.3 Å². The SMILES string of the molecule is Cc1cc(C)n(C2CN(Cc3cc4cccc(C)c4nc3-c3cccs3)C2)n1. The zero-order valence-electron chi connectivity index (χ0n) is 16.5. The fourth-order valence-corrected chi connectivity index (χ4v) is 4.97. The molecule has 4 aromatic rings. The van der Waals surface area contributed by atoms with Crippen molar-refractivity contribution in [1.29, 1.82) is 0 Å². The predicted molar refractivity (Wildman–Crippen MR) is 116 cm³/mol. The van der Waals surface area contributed by atoms with Crippen molar-refractivity contribution in [1.82, 2.24) is 19.7 Å². The topological polar surface area (TPSA) is 34.0 Å². The van der Waals surface area contributed by atoms with Gasteiger partial charge in [0.1, 0.15) is 0 Å². The lowest BCUT2D eigenvalue weighted by Crippen LogP contribution is -2.47. The molecule has 0 bridgehead atoms. The molecule has 0 saturated carbocycles. The summed E-state index contributed by atoms with van der Waals surface area (Å²) in [6.45, 7) is 9.36. The van der Waals surface area contributed by atoms with Gasteiger partial charge in [-0.15, -0.1) is 11.3 Å². The van der Waals surface area contributed by atoms with E-state index in [1.807, 2.05) is 0 Å². The number of benzene rings is 1. The van der Waals surface area contributed by atoms with Gasteiger partial charge in [-0.3, -0.25) is 9.58 Å². The second-order valence-corrected chi connectivity index (χ2v) is 8.79. The number of aryl methyl sites for hydroxylation is 3. The third-order valence-corrected chi connectivity index (χ3v) is 6.48. The Labute approximate surface area is 169 Å². The lowest BCUT2D eigenvalue weighted by molar-refractivity contribution is 0.0895. The fraction of sp³-hybridized carbons (Fsp3) is 0.304. The Morgan fingerprint density at radius 1 is 1.07 bits per heavy atom. The molecule has 1 saturated heterocycles. The van der Waals surface area contributed by atoms with Crippen molar-refractivity contribution in [2.45, 2.75) is 33.4 Å². The van der Waals surface area contributed by atoms with Crippen LogP contribution in [0.1, 0.15) is 28.6 Å². The number of thiophene rings is 1. The highest BCUT2D eigenvalue weighted by Crippen LogP contribution is 2.33. The largest absolute Gasteiger partial charge is 0.295 e. The van der Waals surface area contributed by atoms with E-state index in [1.54, 1.807) is 11.3 Å². The molecule has 142 valence electrons. The molecule has 1 aliphatic rings. The first-order valence-electron chi connectivity index (χ1n) is 9.77. The van der Waals surface area contributed by atoms with Gasteiger partial charge in [0.05, 0.1) is 27.8 Å². The summed E-state index contributed by atoms with van der Waals surface area (Å²) in [6.07, 6.45) is 0. The maximum atomic E-state index is 5.09.